The molecule has 3 rings (SSSR count). The van der Waals surface area contributed by atoms with Crippen molar-refractivity contribution in [2.75, 3.05) is 38.8 Å². The van der Waals surface area contributed by atoms with Gasteiger partial charge in [-0.3, -0.25) is 9.69 Å². The molecule has 1 aromatic rings. The predicted octanol–water partition coefficient (Wildman–Crippen LogP) is 3.28. The van der Waals surface area contributed by atoms with Crippen LogP contribution in [0.1, 0.15) is 40.0 Å². The van der Waals surface area contributed by atoms with Gasteiger partial charge < -0.3 is 19.7 Å². The number of ether oxygens (including phenoxy) is 2. The second-order valence-electron chi connectivity index (χ2n) is 9.07. The maximum Gasteiger partial charge on any atom is 0.325 e. The molecule has 1 aliphatic carbocycles. The summed E-state index contributed by atoms with van der Waals surface area (Å²) in [5.74, 6) is 1.70. The number of hydrogen-bond donors (Lipinski definition) is 1. The summed E-state index contributed by atoms with van der Waals surface area (Å²) in [6.07, 6.45) is 3.17. The normalized spacial score (nSPS) is 23.8. The zero-order valence-corrected chi connectivity index (χ0v) is 18.2. The lowest BCUT2D eigenvalue weighted by atomic mass is 9.70. The first-order valence-electron chi connectivity index (χ1n) is 10.3. The molecule has 1 saturated heterocycles. The van der Waals surface area contributed by atoms with Gasteiger partial charge in [0, 0.05) is 30.9 Å². The van der Waals surface area contributed by atoms with Gasteiger partial charge in [0.1, 0.15) is 6.54 Å². The Hall–Kier alpha value is -2.44. The Balaban J connectivity index is 1.59. The van der Waals surface area contributed by atoms with Crippen LogP contribution in [0.3, 0.4) is 0 Å². The largest absolute Gasteiger partial charge is 0.493 e. The van der Waals surface area contributed by atoms with E-state index in [1.54, 1.807) is 36.2 Å². The molecule has 2 fully saturated rings. The zero-order chi connectivity index (χ0) is 21.2. The summed E-state index contributed by atoms with van der Waals surface area (Å²) < 4.78 is 10.6. The van der Waals surface area contributed by atoms with Crippen molar-refractivity contribution >= 4 is 17.6 Å². The third-order valence-electron chi connectivity index (χ3n) is 5.86. The van der Waals surface area contributed by atoms with Gasteiger partial charge in [-0.2, -0.15) is 0 Å². The van der Waals surface area contributed by atoms with Crippen molar-refractivity contribution in [2.24, 2.45) is 11.3 Å². The van der Waals surface area contributed by atoms with Gasteiger partial charge >= 0.3 is 6.03 Å². The van der Waals surface area contributed by atoms with Crippen LogP contribution in [0.15, 0.2) is 18.2 Å². The molecular formula is C22H33N3O4. The summed E-state index contributed by atoms with van der Waals surface area (Å²) in [6, 6.07) is 5.41. The third kappa shape index (κ3) is 4.95. The van der Waals surface area contributed by atoms with Crippen LogP contribution < -0.4 is 19.7 Å². The molecule has 160 valence electrons. The molecular weight excluding hydrogens is 370 g/mol. The number of amides is 3. The predicted molar refractivity (Wildman–Crippen MR) is 113 cm³/mol. The molecule has 0 aromatic heterocycles. The van der Waals surface area contributed by atoms with Crippen LogP contribution in [0, 0.1) is 11.3 Å². The van der Waals surface area contributed by atoms with Crippen LogP contribution in [0.4, 0.5) is 10.5 Å². The van der Waals surface area contributed by atoms with E-state index in [1.165, 1.54) is 6.42 Å². The average Bonchev–Trinajstić information content (AvgIpc) is 2.99. The van der Waals surface area contributed by atoms with Crippen molar-refractivity contribution in [2.45, 2.75) is 46.1 Å². The summed E-state index contributed by atoms with van der Waals surface area (Å²) in [6.45, 7) is 7.90. The van der Waals surface area contributed by atoms with Crippen molar-refractivity contribution in [1.82, 2.24) is 10.2 Å². The van der Waals surface area contributed by atoms with Crippen LogP contribution in [0.25, 0.3) is 0 Å². The molecule has 1 N–H and O–H groups in total. The fourth-order valence-electron chi connectivity index (χ4n) is 4.86. The summed E-state index contributed by atoms with van der Waals surface area (Å²) in [4.78, 5) is 28.7. The number of rotatable bonds is 6. The number of nitrogens with zero attached hydrogens (tertiary/aromatic N) is 2. The van der Waals surface area contributed by atoms with Crippen molar-refractivity contribution < 1.29 is 19.1 Å². The Bertz CT molecular complexity index is 764. The molecule has 1 aromatic carbocycles. The number of anilines is 1. The molecule has 29 heavy (non-hydrogen) atoms. The van der Waals surface area contributed by atoms with Gasteiger partial charge in [0.05, 0.1) is 14.2 Å². The van der Waals surface area contributed by atoms with Crippen molar-refractivity contribution in [1.29, 1.82) is 0 Å². The number of carbonyl (C=O) groups excluding carboxylic acids is 2. The van der Waals surface area contributed by atoms with Crippen molar-refractivity contribution in [3.05, 3.63) is 18.2 Å². The molecule has 2 unspecified atom stereocenters. The number of nitrogens with one attached hydrogen (secondary N) is 1. The van der Waals surface area contributed by atoms with E-state index in [-0.39, 0.29) is 29.9 Å². The lowest BCUT2D eigenvalue weighted by Crippen LogP contribution is -2.47. The average molecular weight is 404 g/mol. The van der Waals surface area contributed by atoms with Crippen molar-refractivity contribution in [3.8, 4) is 11.5 Å². The number of carbonyl (C=O) groups is 2. The lowest BCUT2D eigenvalue weighted by Gasteiger charge is -2.39. The Kier molecular flexibility index (Phi) is 6.24. The molecule has 0 radical (unpaired) electrons. The van der Waals surface area contributed by atoms with E-state index in [0.29, 0.717) is 30.5 Å². The van der Waals surface area contributed by atoms with Gasteiger partial charge in [-0.25, -0.2) is 4.79 Å². The van der Waals surface area contributed by atoms with Gasteiger partial charge in [-0.15, -0.1) is 0 Å². The Morgan fingerprint density at radius 3 is 2.55 bits per heavy atom. The van der Waals surface area contributed by atoms with Crippen LogP contribution in [-0.2, 0) is 4.79 Å². The van der Waals surface area contributed by atoms with E-state index in [9.17, 15) is 9.59 Å². The molecule has 2 atom stereocenters. The summed E-state index contributed by atoms with van der Waals surface area (Å²) >= 11 is 0. The summed E-state index contributed by atoms with van der Waals surface area (Å²) in [7, 11) is 3.14. The molecule has 1 aliphatic heterocycles. The highest BCUT2D eigenvalue weighted by molar-refractivity contribution is 5.96. The summed E-state index contributed by atoms with van der Waals surface area (Å²) in [5, 5.41) is 3.15. The number of methoxy groups -OCH3 is 2. The zero-order valence-electron chi connectivity index (χ0n) is 18.2. The maximum absolute atomic E-state index is 12.8. The topological polar surface area (TPSA) is 71.1 Å². The molecule has 7 heteroatoms. The Morgan fingerprint density at radius 1 is 1.17 bits per heavy atom. The van der Waals surface area contributed by atoms with Gasteiger partial charge in [-0.1, -0.05) is 20.8 Å². The highest BCUT2D eigenvalue weighted by Gasteiger charge is 2.35. The van der Waals surface area contributed by atoms with E-state index in [2.05, 4.69) is 26.1 Å². The Labute approximate surface area is 173 Å². The lowest BCUT2D eigenvalue weighted by molar-refractivity contribution is -0.122. The minimum Gasteiger partial charge on any atom is -0.493 e. The van der Waals surface area contributed by atoms with Crippen LogP contribution in [0.2, 0.25) is 0 Å². The highest BCUT2D eigenvalue weighted by Crippen LogP contribution is 2.38. The third-order valence-corrected chi connectivity index (χ3v) is 5.86. The molecule has 1 saturated carbocycles. The van der Waals surface area contributed by atoms with Gasteiger partial charge in [-0.05, 0) is 42.7 Å². The smallest absolute Gasteiger partial charge is 0.325 e. The SMILES string of the molecule is COc1ccc(N2CCN(CC(=O)NC3CC(C)CC(C)(C)C3)C2=O)cc1OC. The fourth-order valence-corrected chi connectivity index (χ4v) is 4.86. The second kappa shape index (κ2) is 8.51. The highest BCUT2D eigenvalue weighted by atomic mass is 16.5. The molecule has 2 aliphatic rings. The first-order chi connectivity index (χ1) is 13.7. The molecule has 0 spiro atoms. The first-order valence-corrected chi connectivity index (χ1v) is 10.3. The molecule has 0 bridgehead atoms. The van der Waals surface area contributed by atoms with E-state index in [1.807, 2.05) is 6.07 Å². The van der Waals surface area contributed by atoms with Gasteiger partial charge in [0.25, 0.3) is 0 Å². The van der Waals surface area contributed by atoms with Crippen LogP contribution >= 0.6 is 0 Å². The summed E-state index contributed by atoms with van der Waals surface area (Å²) in [5.41, 5.74) is 0.974. The van der Waals surface area contributed by atoms with Gasteiger partial charge in [0.15, 0.2) is 11.5 Å². The van der Waals surface area contributed by atoms with Crippen LogP contribution in [-0.4, -0.2) is 56.7 Å². The van der Waals surface area contributed by atoms with Crippen molar-refractivity contribution in [3.63, 3.8) is 0 Å². The standard InChI is InChI=1S/C22H33N3O4/c1-15-10-16(13-22(2,3)12-15)23-20(26)14-24-8-9-25(21(24)27)17-6-7-18(28-4)19(11-17)29-5/h6-7,11,15-16H,8-10,12-14H2,1-5H3,(H,23,26). The minimum absolute atomic E-state index is 0.0811. The maximum atomic E-state index is 12.8. The monoisotopic (exact) mass is 403 g/mol. The van der Waals surface area contributed by atoms with Gasteiger partial charge in [0.2, 0.25) is 5.91 Å². The Morgan fingerprint density at radius 2 is 1.90 bits per heavy atom. The molecule has 7 nitrogen and oxygen atoms in total. The van der Waals surface area contributed by atoms with Crippen LogP contribution in [0.5, 0.6) is 11.5 Å². The minimum atomic E-state index is -0.162. The molecule has 1 heterocycles. The number of urea groups is 1. The molecule has 3 amide bonds. The van der Waals surface area contributed by atoms with E-state index in [4.69, 9.17) is 9.47 Å². The number of hydrogen-bond acceptors (Lipinski definition) is 4. The van der Waals surface area contributed by atoms with E-state index < -0.39 is 0 Å². The quantitative estimate of drug-likeness (QED) is 0.791. The first kappa shape index (κ1) is 21.3. The fraction of sp³-hybridized carbons (Fsp3) is 0.636. The van der Waals surface area contributed by atoms with E-state index >= 15 is 0 Å². The number of benzene rings is 1. The van der Waals surface area contributed by atoms with E-state index in [0.717, 1.165) is 18.5 Å². The second-order valence-corrected chi connectivity index (χ2v) is 9.07.